The second kappa shape index (κ2) is 7.51. The Labute approximate surface area is 128 Å². The molecule has 0 aliphatic heterocycles. The van der Waals surface area contributed by atoms with Gasteiger partial charge in [-0.15, -0.1) is 0 Å². The fourth-order valence-electron chi connectivity index (χ4n) is 3.02. The molecule has 1 aromatic carbocycles. The highest BCUT2D eigenvalue weighted by Crippen LogP contribution is 2.34. The molecule has 20 heavy (non-hydrogen) atoms. The third-order valence-corrected chi connectivity index (χ3v) is 4.71. The zero-order valence-corrected chi connectivity index (χ0v) is 13.5. The van der Waals surface area contributed by atoms with Crippen molar-refractivity contribution < 1.29 is 8.78 Å². The lowest BCUT2D eigenvalue weighted by Crippen LogP contribution is -2.25. The minimum atomic E-state index is -0.392. The number of benzene rings is 1. The molecule has 0 aromatic heterocycles. The van der Waals surface area contributed by atoms with Crippen LogP contribution in [0.3, 0.4) is 0 Å². The summed E-state index contributed by atoms with van der Waals surface area (Å²) in [5, 5.41) is 3.38. The molecule has 0 saturated heterocycles. The number of hydrogen-bond acceptors (Lipinski definition) is 1. The van der Waals surface area contributed by atoms with Crippen molar-refractivity contribution in [3.63, 3.8) is 0 Å². The predicted molar refractivity (Wildman–Crippen MR) is 81.7 cm³/mol. The van der Waals surface area contributed by atoms with Gasteiger partial charge in [0.2, 0.25) is 0 Å². The van der Waals surface area contributed by atoms with E-state index in [1.165, 1.54) is 37.8 Å². The summed E-state index contributed by atoms with van der Waals surface area (Å²) in [5.74, 6) is -0.0866. The van der Waals surface area contributed by atoms with Crippen molar-refractivity contribution in [1.29, 1.82) is 0 Å². The minimum absolute atomic E-state index is 0.0827. The maximum atomic E-state index is 14.1. The Balaban J connectivity index is 2.18. The molecule has 4 heteroatoms. The molecule has 0 bridgehead atoms. The molecule has 1 aromatic rings. The Hall–Kier alpha value is -0.480. The van der Waals surface area contributed by atoms with E-state index in [1.807, 2.05) is 0 Å². The van der Waals surface area contributed by atoms with E-state index in [4.69, 9.17) is 0 Å². The number of rotatable bonds is 6. The third kappa shape index (κ3) is 4.01. The lowest BCUT2D eigenvalue weighted by atomic mass is 9.93. The van der Waals surface area contributed by atoms with Crippen molar-refractivity contribution in [2.45, 2.75) is 51.5 Å². The average molecular weight is 346 g/mol. The molecule has 1 N–H and O–H groups in total. The van der Waals surface area contributed by atoms with Gasteiger partial charge in [-0.05, 0) is 53.4 Å². The Morgan fingerprint density at radius 2 is 1.95 bits per heavy atom. The highest BCUT2D eigenvalue weighted by atomic mass is 79.9. The SMILES string of the molecule is CCCNC(CC1CCCC1)c1cc(F)c(Br)cc1F. The lowest BCUT2D eigenvalue weighted by Gasteiger charge is -2.23. The molecule has 1 nitrogen and oxygen atoms in total. The molecule has 0 heterocycles. The van der Waals surface area contributed by atoms with Gasteiger partial charge in [0.1, 0.15) is 11.6 Å². The maximum absolute atomic E-state index is 14.1. The molecule has 1 fully saturated rings. The largest absolute Gasteiger partial charge is 0.310 e. The van der Waals surface area contributed by atoms with E-state index < -0.39 is 5.82 Å². The average Bonchev–Trinajstić information content (AvgIpc) is 2.92. The van der Waals surface area contributed by atoms with Gasteiger partial charge < -0.3 is 5.32 Å². The number of halogens is 3. The quantitative estimate of drug-likeness (QED) is 0.685. The summed E-state index contributed by atoms with van der Waals surface area (Å²) in [6.07, 6.45) is 6.85. The van der Waals surface area contributed by atoms with Crippen LogP contribution < -0.4 is 5.32 Å². The Kier molecular flexibility index (Phi) is 5.97. The van der Waals surface area contributed by atoms with Crippen LogP contribution in [0.15, 0.2) is 16.6 Å². The molecule has 2 rings (SSSR count). The van der Waals surface area contributed by atoms with Crippen molar-refractivity contribution in [2.24, 2.45) is 5.92 Å². The minimum Gasteiger partial charge on any atom is -0.310 e. The standard InChI is InChI=1S/C16H22BrF2N/c1-2-7-20-16(8-11-5-3-4-6-11)12-9-15(19)13(17)10-14(12)18/h9-11,16,20H,2-8H2,1H3. The van der Waals surface area contributed by atoms with Crippen LogP contribution in [0.25, 0.3) is 0 Å². The monoisotopic (exact) mass is 345 g/mol. The molecule has 1 unspecified atom stereocenters. The molecule has 1 aliphatic carbocycles. The molecule has 112 valence electrons. The number of hydrogen-bond donors (Lipinski definition) is 1. The highest BCUT2D eigenvalue weighted by molar-refractivity contribution is 9.10. The van der Waals surface area contributed by atoms with Crippen molar-refractivity contribution in [3.05, 3.63) is 33.8 Å². The van der Waals surface area contributed by atoms with Gasteiger partial charge in [-0.3, -0.25) is 0 Å². The van der Waals surface area contributed by atoms with Crippen LogP contribution in [0.5, 0.6) is 0 Å². The first-order chi connectivity index (χ1) is 9.61. The van der Waals surface area contributed by atoms with E-state index in [0.29, 0.717) is 11.5 Å². The van der Waals surface area contributed by atoms with Gasteiger partial charge in [0.05, 0.1) is 4.47 Å². The van der Waals surface area contributed by atoms with E-state index in [9.17, 15) is 8.78 Å². The van der Waals surface area contributed by atoms with Crippen molar-refractivity contribution in [3.8, 4) is 0 Å². The van der Waals surface area contributed by atoms with Crippen LogP contribution >= 0.6 is 15.9 Å². The van der Waals surface area contributed by atoms with Crippen LogP contribution in [-0.2, 0) is 0 Å². The van der Waals surface area contributed by atoms with Crippen LogP contribution in [-0.4, -0.2) is 6.54 Å². The summed E-state index contributed by atoms with van der Waals surface area (Å²) in [6, 6.07) is 2.49. The normalized spacial score (nSPS) is 17.6. The van der Waals surface area contributed by atoms with Crippen LogP contribution in [0.4, 0.5) is 8.78 Å². The van der Waals surface area contributed by atoms with Crippen molar-refractivity contribution in [1.82, 2.24) is 5.32 Å². The van der Waals surface area contributed by atoms with Crippen molar-refractivity contribution >= 4 is 15.9 Å². The summed E-state index contributed by atoms with van der Waals surface area (Å²) in [5.41, 5.74) is 0.464. The summed E-state index contributed by atoms with van der Waals surface area (Å²) in [4.78, 5) is 0. The topological polar surface area (TPSA) is 12.0 Å². The molecule has 1 aliphatic rings. The smallest absolute Gasteiger partial charge is 0.137 e. The van der Waals surface area contributed by atoms with Gasteiger partial charge in [0.15, 0.2) is 0 Å². The van der Waals surface area contributed by atoms with Crippen LogP contribution in [0, 0.1) is 17.6 Å². The Morgan fingerprint density at radius 3 is 2.60 bits per heavy atom. The Morgan fingerprint density at radius 1 is 1.25 bits per heavy atom. The maximum Gasteiger partial charge on any atom is 0.137 e. The van der Waals surface area contributed by atoms with E-state index in [-0.39, 0.29) is 16.3 Å². The Bertz CT molecular complexity index is 444. The molecular weight excluding hydrogens is 324 g/mol. The highest BCUT2D eigenvalue weighted by Gasteiger charge is 2.23. The fraction of sp³-hybridized carbons (Fsp3) is 0.625. The molecule has 1 saturated carbocycles. The van der Waals surface area contributed by atoms with Gasteiger partial charge in [-0.1, -0.05) is 32.6 Å². The summed E-state index contributed by atoms with van der Waals surface area (Å²) in [6.45, 7) is 2.91. The van der Waals surface area contributed by atoms with Crippen molar-refractivity contribution in [2.75, 3.05) is 6.54 Å². The van der Waals surface area contributed by atoms with Crippen LogP contribution in [0.2, 0.25) is 0 Å². The zero-order chi connectivity index (χ0) is 14.5. The van der Waals surface area contributed by atoms with Gasteiger partial charge in [0.25, 0.3) is 0 Å². The molecule has 0 radical (unpaired) electrons. The van der Waals surface area contributed by atoms with E-state index in [1.54, 1.807) is 0 Å². The fourth-order valence-corrected chi connectivity index (χ4v) is 3.34. The summed E-state index contributed by atoms with van der Waals surface area (Å²) >= 11 is 3.03. The molecule has 0 amide bonds. The molecule has 0 spiro atoms. The first kappa shape index (κ1) is 15.9. The van der Waals surface area contributed by atoms with E-state index >= 15 is 0 Å². The second-order valence-corrected chi connectivity index (χ2v) is 6.54. The third-order valence-electron chi connectivity index (χ3n) is 4.10. The van der Waals surface area contributed by atoms with Crippen LogP contribution in [0.1, 0.15) is 57.1 Å². The summed E-state index contributed by atoms with van der Waals surface area (Å²) in [7, 11) is 0. The van der Waals surface area contributed by atoms with E-state index in [0.717, 1.165) is 19.4 Å². The first-order valence-electron chi connectivity index (χ1n) is 7.49. The lowest BCUT2D eigenvalue weighted by molar-refractivity contribution is 0.384. The number of nitrogens with one attached hydrogen (secondary N) is 1. The van der Waals surface area contributed by atoms with Gasteiger partial charge in [0, 0.05) is 11.6 Å². The second-order valence-electron chi connectivity index (χ2n) is 5.68. The first-order valence-corrected chi connectivity index (χ1v) is 8.29. The van der Waals surface area contributed by atoms with Gasteiger partial charge >= 0.3 is 0 Å². The predicted octanol–water partition coefficient (Wildman–Crippen LogP) is 5.35. The van der Waals surface area contributed by atoms with E-state index in [2.05, 4.69) is 28.2 Å². The summed E-state index contributed by atoms with van der Waals surface area (Å²) < 4.78 is 28.0. The molecule has 1 atom stereocenters. The zero-order valence-electron chi connectivity index (χ0n) is 11.9. The molecular formula is C16H22BrF2N. The van der Waals surface area contributed by atoms with Gasteiger partial charge in [-0.25, -0.2) is 8.78 Å². The van der Waals surface area contributed by atoms with Gasteiger partial charge in [-0.2, -0.15) is 0 Å².